The summed E-state index contributed by atoms with van der Waals surface area (Å²) in [5.41, 5.74) is 0.794. The Labute approximate surface area is 129 Å². The molecule has 0 bridgehead atoms. The van der Waals surface area contributed by atoms with Crippen molar-refractivity contribution in [2.45, 2.75) is 33.3 Å². The summed E-state index contributed by atoms with van der Waals surface area (Å²) in [7, 11) is 0. The lowest BCUT2D eigenvalue weighted by atomic mass is 10.2. The van der Waals surface area contributed by atoms with Gasteiger partial charge in [-0.25, -0.2) is 0 Å². The van der Waals surface area contributed by atoms with Gasteiger partial charge in [-0.15, -0.1) is 0 Å². The summed E-state index contributed by atoms with van der Waals surface area (Å²) in [4.78, 5) is 4.33. The molecule has 0 radical (unpaired) electrons. The SMILES string of the molecule is CCOCCc1nc(-c2ccc(OC(C)C)c(Cl)c2)no1. The van der Waals surface area contributed by atoms with Gasteiger partial charge in [0.05, 0.1) is 24.2 Å². The van der Waals surface area contributed by atoms with Crippen LogP contribution in [0.5, 0.6) is 5.75 Å². The van der Waals surface area contributed by atoms with Crippen LogP contribution in [0.4, 0.5) is 0 Å². The van der Waals surface area contributed by atoms with Crippen molar-refractivity contribution < 1.29 is 14.0 Å². The molecular formula is C15H19ClN2O3. The van der Waals surface area contributed by atoms with Crippen LogP contribution in [0.2, 0.25) is 5.02 Å². The number of halogens is 1. The summed E-state index contributed by atoms with van der Waals surface area (Å²) in [6.07, 6.45) is 0.673. The fourth-order valence-electron chi connectivity index (χ4n) is 1.77. The van der Waals surface area contributed by atoms with Gasteiger partial charge in [0.15, 0.2) is 0 Å². The zero-order chi connectivity index (χ0) is 15.2. The summed E-state index contributed by atoms with van der Waals surface area (Å²) in [6.45, 7) is 7.10. The molecular weight excluding hydrogens is 292 g/mol. The van der Waals surface area contributed by atoms with Crippen molar-refractivity contribution in [2.24, 2.45) is 0 Å². The van der Waals surface area contributed by atoms with Gasteiger partial charge in [0.25, 0.3) is 0 Å². The molecule has 0 N–H and O–H groups in total. The molecule has 0 unspecified atom stereocenters. The van der Waals surface area contributed by atoms with E-state index in [1.807, 2.05) is 32.9 Å². The number of benzene rings is 1. The van der Waals surface area contributed by atoms with Gasteiger partial charge in [0.1, 0.15) is 5.75 Å². The summed E-state index contributed by atoms with van der Waals surface area (Å²) < 4.78 is 16.0. The highest BCUT2D eigenvalue weighted by Gasteiger charge is 2.11. The van der Waals surface area contributed by atoms with Crippen LogP contribution in [0.3, 0.4) is 0 Å². The topological polar surface area (TPSA) is 57.4 Å². The van der Waals surface area contributed by atoms with Crippen LogP contribution in [0.1, 0.15) is 26.7 Å². The van der Waals surface area contributed by atoms with Gasteiger partial charge in [-0.2, -0.15) is 4.98 Å². The molecule has 0 fully saturated rings. The maximum Gasteiger partial charge on any atom is 0.229 e. The van der Waals surface area contributed by atoms with Crippen LogP contribution in [0.15, 0.2) is 22.7 Å². The molecule has 2 rings (SSSR count). The third-order valence-electron chi connectivity index (χ3n) is 2.69. The van der Waals surface area contributed by atoms with E-state index < -0.39 is 0 Å². The van der Waals surface area contributed by atoms with Crippen LogP contribution >= 0.6 is 11.6 Å². The summed E-state index contributed by atoms with van der Waals surface area (Å²) >= 11 is 6.20. The Morgan fingerprint density at radius 1 is 1.33 bits per heavy atom. The smallest absolute Gasteiger partial charge is 0.229 e. The molecule has 114 valence electrons. The molecule has 21 heavy (non-hydrogen) atoms. The van der Waals surface area contributed by atoms with E-state index in [9.17, 15) is 0 Å². The monoisotopic (exact) mass is 310 g/mol. The van der Waals surface area contributed by atoms with Gasteiger partial charge in [-0.05, 0) is 39.0 Å². The van der Waals surface area contributed by atoms with E-state index in [0.717, 1.165) is 5.56 Å². The van der Waals surface area contributed by atoms with E-state index in [-0.39, 0.29) is 6.10 Å². The van der Waals surface area contributed by atoms with Crippen LogP contribution in [-0.2, 0) is 11.2 Å². The fourth-order valence-corrected chi connectivity index (χ4v) is 1.99. The minimum absolute atomic E-state index is 0.0729. The number of aromatic nitrogens is 2. The molecule has 0 aliphatic heterocycles. The average molecular weight is 311 g/mol. The maximum atomic E-state index is 6.20. The van der Waals surface area contributed by atoms with Gasteiger partial charge in [-0.3, -0.25) is 0 Å². The fraction of sp³-hybridized carbons (Fsp3) is 0.467. The van der Waals surface area contributed by atoms with Crippen molar-refractivity contribution in [3.8, 4) is 17.1 Å². The van der Waals surface area contributed by atoms with Crippen LogP contribution in [0, 0.1) is 0 Å². The third kappa shape index (κ3) is 4.44. The first-order chi connectivity index (χ1) is 10.1. The van der Waals surface area contributed by atoms with Crippen LogP contribution < -0.4 is 4.74 Å². The number of hydrogen-bond acceptors (Lipinski definition) is 5. The van der Waals surface area contributed by atoms with Crippen molar-refractivity contribution >= 4 is 11.6 Å². The van der Waals surface area contributed by atoms with Crippen molar-refractivity contribution in [2.75, 3.05) is 13.2 Å². The van der Waals surface area contributed by atoms with Gasteiger partial charge in [0, 0.05) is 12.2 Å². The van der Waals surface area contributed by atoms with E-state index in [1.165, 1.54) is 0 Å². The molecule has 5 nitrogen and oxygen atoms in total. The lowest BCUT2D eigenvalue weighted by Crippen LogP contribution is -2.05. The molecule has 0 atom stereocenters. The Kier molecular flexibility index (Phi) is 5.59. The average Bonchev–Trinajstić information content (AvgIpc) is 2.90. The molecule has 0 aliphatic rings. The minimum Gasteiger partial charge on any atom is -0.489 e. The lowest BCUT2D eigenvalue weighted by molar-refractivity contribution is 0.144. The van der Waals surface area contributed by atoms with Crippen LogP contribution in [0.25, 0.3) is 11.4 Å². The third-order valence-corrected chi connectivity index (χ3v) is 2.98. The molecule has 0 aliphatic carbocycles. The largest absolute Gasteiger partial charge is 0.489 e. The van der Waals surface area contributed by atoms with Crippen molar-refractivity contribution in [1.82, 2.24) is 10.1 Å². The minimum atomic E-state index is 0.0729. The maximum absolute atomic E-state index is 6.20. The first kappa shape index (κ1) is 15.8. The van der Waals surface area contributed by atoms with Crippen molar-refractivity contribution in [3.05, 3.63) is 29.1 Å². The Balaban J connectivity index is 2.09. The highest BCUT2D eigenvalue weighted by molar-refractivity contribution is 6.32. The number of nitrogens with zero attached hydrogens (tertiary/aromatic N) is 2. The Bertz CT molecular complexity index is 584. The second kappa shape index (κ2) is 7.43. The predicted molar refractivity (Wildman–Crippen MR) is 80.7 cm³/mol. The standard InChI is InChI=1S/C15H19ClN2O3/c1-4-19-8-7-14-17-15(18-21-14)11-5-6-13(12(16)9-11)20-10(2)3/h5-6,9-10H,4,7-8H2,1-3H3. The Morgan fingerprint density at radius 2 is 2.14 bits per heavy atom. The van der Waals surface area contributed by atoms with Gasteiger partial charge < -0.3 is 14.0 Å². The zero-order valence-corrected chi connectivity index (χ0v) is 13.2. The predicted octanol–water partition coefficient (Wildman–Crippen LogP) is 3.76. The van der Waals surface area contributed by atoms with Crippen molar-refractivity contribution in [3.63, 3.8) is 0 Å². The number of hydrogen-bond donors (Lipinski definition) is 0. The van der Waals surface area contributed by atoms with Gasteiger partial charge >= 0.3 is 0 Å². The second-order valence-electron chi connectivity index (χ2n) is 4.77. The normalized spacial score (nSPS) is 11.1. The molecule has 0 saturated carbocycles. The van der Waals surface area contributed by atoms with E-state index in [1.54, 1.807) is 6.07 Å². The summed E-state index contributed by atoms with van der Waals surface area (Å²) in [5.74, 6) is 1.71. The van der Waals surface area contributed by atoms with Gasteiger partial charge in [-0.1, -0.05) is 16.8 Å². The molecule has 6 heteroatoms. The highest BCUT2D eigenvalue weighted by atomic mass is 35.5. The van der Waals surface area contributed by atoms with Crippen molar-refractivity contribution in [1.29, 1.82) is 0 Å². The molecule has 1 aromatic heterocycles. The number of rotatable bonds is 7. The molecule has 2 aromatic rings. The first-order valence-corrected chi connectivity index (χ1v) is 7.35. The van der Waals surface area contributed by atoms with E-state index in [0.29, 0.717) is 42.1 Å². The van der Waals surface area contributed by atoms with E-state index in [2.05, 4.69) is 10.1 Å². The molecule has 0 amide bonds. The molecule has 1 aromatic carbocycles. The lowest BCUT2D eigenvalue weighted by Gasteiger charge is -2.11. The highest BCUT2D eigenvalue weighted by Crippen LogP contribution is 2.29. The quantitative estimate of drug-likeness (QED) is 0.729. The van der Waals surface area contributed by atoms with E-state index >= 15 is 0 Å². The van der Waals surface area contributed by atoms with Gasteiger partial charge in [0.2, 0.25) is 11.7 Å². The Hall–Kier alpha value is -1.59. The Morgan fingerprint density at radius 3 is 2.81 bits per heavy atom. The molecule has 1 heterocycles. The molecule has 0 spiro atoms. The molecule has 0 saturated heterocycles. The van der Waals surface area contributed by atoms with E-state index in [4.69, 9.17) is 25.6 Å². The first-order valence-electron chi connectivity index (χ1n) is 6.97. The zero-order valence-electron chi connectivity index (χ0n) is 12.4. The summed E-state index contributed by atoms with van der Waals surface area (Å²) in [6, 6.07) is 5.45. The van der Waals surface area contributed by atoms with Crippen LogP contribution in [-0.4, -0.2) is 29.5 Å². The summed E-state index contributed by atoms with van der Waals surface area (Å²) in [5, 5.41) is 4.49. The number of ether oxygens (including phenoxy) is 2. The second-order valence-corrected chi connectivity index (χ2v) is 5.18.